The zero-order valence-corrected chi connectivity index (χ0v) is 15.4. The number of halogens is 1. The van der Waals surface area contributed by atoms with Crippen molar-refractivity contribution in [2.24, 2.45) is 0 Å². The van der Waals surface area contributed by atoms with Gasteiger partial charge in [0, 0.05) is 5.69 Å². The second-order valence-corrected chi connectivity index (χ2v) is 7.94. The minimum Gasteiger partial charge on any atom is -0.324 e. The molecule has 0 radical (unpaired) electrons. The first kappa shape index (κ1) is 18.9. The molecule has 0 saturated carbocycles. The standard InChI is InChI=1S/C18H21FN2O3S/c1-12-9-13(2)11-16(10-12)20-18(22)14(3)21(25(4,23)24)17-7-5-15(19)6-8-17/h5-11,14H,1-4H3,(H,20,22). The van der Waals surface area contributed by atoms with E-state index in [0.29, 0.717) is 5.69 Å². The van der Waals surface area contributed by atoms with Gasteiger partial charge in [-0.25, -0.2) is 12.8 Å². The molecule has 2 aromatic carbocycles. The van der Waals surface area contributed by atoms with Crippen molar-refractivity contribution in [3.8, 4) is 0 Å². The Morgan fingerprint density at radius 2 is 1.60 bits per heavy atom. The van der Waals surface area contributed by atoms with E-state index >= 15 is 0 Å². The highest BCUT2D eigenvalue weighted by Gasteiger charge is 2.29. The van der Waals surface area contributed by atoms with Gasteiger partial charge in [-0.2, -0.15) is 0 Å². The first-order valence-electron chi connectivity index (χ1n) is 7.72. The smallest absolute Gasteiger partial charge is 0.247 e. The Bertz CT molecular complexity index is 859. The summed E-state index contributed by atoms with van der Waals surface area (Å²) < 4.78 is 38.4. The van der Waals surface area contributed by atoms with Gasteiger partial charge in [0.2, 0.25) is 15.9 Å². The van der Waals surface area contributed by atoms with E-state index in [1.54, 1.807) is 12.1 Å². The molecular weight excluding hydrogens is 343 g/mol. The summed E-state index contributed by atoms with van der Waals surface area (Å²) >= 11 is 0. The lowest BCUT2D eigenvalue weighted by Crippen LogP contribution is -2.45. The van der Waals surface area contributed by atoms with Crippen LogP contribution < -0.4 is 9.62 Å². The summed E-state index contributed by atoms with van der Waals surface area (Å²) in [4.78, 5) is 12.6. The molecule has 134 valence electrons. The van der Waals surface area contributed by atoms with E-state index in [0.717, 1.165) is 33.8 Å². The van der Waals surface area contributed by atoms with Crippen LogP contribution in [0.5, 0.6) is 0 Å². The van der Waals surface area contributed by atoms with Crippen LogP contribution in [0.25, 0.3) is 0 Å². The third-order valence-electron chi connectivity index (χ3n) is 3.66. The van der Waals surface area contributed by atoms with Gasteiger partial charge in [0.05, 0.1) is 11.9 Å². The largest absolute Gasteiger partial charge is 0.324 e. The molecule has 1 atom stereocenters. The first-order chi connectivity index (χ1) is 11.6. The molecule has 0 saturated heterocycles. The molecule has 2 aromatic rings. The second kappa shape index (κ2) is 7.23. The highest BCUT2D eigenvalue weighted by atomic mass is 32.2. The first-order valence-corrected chi connectivity index (χ1v) is 9.57. The Balaban J connectivity index is 2.31. The number of carbonyl (C=O) groups excluding carboxylic acids is 1. The molecule has 0 aromatic heterocycles. The quantitative estimate of drug-likeness (QED) is 0.886. The van der Waals surface area contributed by atoms with Crippen LogP contribution in [-0.4, -0.2) is 26.6 Å². The number of hydrogen-bond acceptors (Lipinski definition) is 3. The summed E-state index contributed by atoms with van der Waals surface area (Å²) in [5.74, 6) is -0.954. The van der Waals surface area contributed by atoms with Crippen LogP contribution in [0.1, 0.15) is 18.1 Å². The Morgan fingerprint density at radius 3 is 2.08 bits per heavy atom. The van der Waals surface area contributed by atoms with Crippen LogP contribution in [0.3, 0.4) is 0 Å². The van der Waals surface area contributed by atoms with Gasteiger partial charge in [-0.3, -0.25) is 9.10 Å². The van der Waals surface area contributed by atoms with E-state index in [1.807, 2.05) is 19.9 Å². The predicted octanol–water partition coefficient (Wildman–Crippen LogP) is 3.24. The van der Waals surface area contributed by atoms with Crippen LogP contribution in [0.4, 0.5) is 15.8 Å². The van der Waals surface area contributed by atoms with E-state index < -0.39 is 27.8 Å². The van der Waals surface area contributed by atoms with E-state index in [4.69, 9.17) is 0 Å². The molecule has 25 heavy (non-hydrogen) atoms. The summed E-state index contributed by atoms with van der Waals surface area (Å²) in [6, 6.07) is 9.56. The lowest BCUT2D eigenvalue weighted by atomic mass is 10.1. The topological polar surface area (TPSA) is 66.5 Å². The summed E-state index contributed by atoms with van der Waals surface area (Å²) in [6.07, 6.45) is 1.01. The van der Waals surface area contributed by atoms with Crippen LogP contribution in [0.2, 0.25) is 0 Å². The lowest BCUT2D eigenvalue weighted by molar-refractivity contribution is -0.116. The Kier molecular flexibility index (Phi) is 5.47. The van der Waals surface area contributed by atoms with Gasteiger partial charge in [0.1, 0.15) is 11.9 Å². The van der Waals surface area contributed by atoms with Crippen molar-refractivity contribution in [3.05, 3.63) is 59.4 Å². The SMILES string of the molecule is Cc1cc(C)cc(NC(=O)C(C)N(c2ccc(F)cc2)S(C)(=O)=O)c1. The van der Waals surface area contributed by atoms with Gasteiger partial charge in [-0.05, 0) is 68.3 Å². The van der Waals surface area contributed by atoms with Crippen LogP contribution in [0, 0.1) is 19.7 Å². The molecular formula is C18H21FN2O3S. The number of nitrogens with zero attached hydrogens (tertiary/aromatic N) is 1. The predicted molar refractivity (Wildman–Crippen MR) is 97.7 cm³/mol. The van der Waals surface area contributed by atoms with Crippen LogP contribution >= 0.6 is 0 Å². The molecule has 0 aliphatic heterocycles. The van der Waals surface area contributed by atoms with E-state index in [2.05, 4.69) is 5.32 Å². The van der Waals surface area contributed by atoms with Gasteiger partial charge < -0.3 is 5.32 Å². The zero-order valence-electron chi connectivity index (χ0n) is 14.6. The van der Waals surface area contributed by atoms with Gasteiger partial charge in [0.15, 0.2) is 0 Å². The molecule has 0 heterocycles. The number of sulfonamides is 1. The molecule has 1 unspecified atom stereocenters. The van der Waals surface area contributed by atoms with Gasteiger partial charge >= 0.3 is 0 Å². The van der Waals surface area contributed by atoms with Crippen molar-refractivity contribution in [2.75, 3.05) is 15.9 Å². The van der Waals surface area contributed by atoms with Crippen molar-refractivity contribution in [1.29, 1.82) is 0 Å². The molecule has 0 spiro atoms. The third kappa shape index (κ3) is 4.79. The number of carbonyl (C=O) groups is 1. The summed E-state index contributed by atoms with van der Waals surface area (Å²) in [5, 5.41) is 2.74. The number of amides is 1. The maximum Gasteiger partial charge on any atom is 0.247 e. The van der Waals surface area contributed by atoms with Crippen molar-refractivity contribution < 1.29 is 17.6 Å². The average Bonchev–Trinajstić information content (AvgIpc) is 2.47. The highest BCUT2D eigenvalue weighted by molar-refractivity contribution is 7.92. The van der Waals surface area contributed by atoms with Gasteiger partial charge in [-0.1, -0.05) is 6.07 Å². The fourth-order valence-electron chi connectivity index (χ4n) is 2.69. The van der Waals surface area contributed by atoms with E-state index in [9.17, 15) is 17.6 Å². The Hall–Kier alpha value is -2.41. The average molecular weight is 364 g/mol. The van der Waals surface area contributed by atoms with Crippen LogP contribution in [0.15, 0.2) is 42.5 Å². The zero-order chi connectivity index (χ0) is 18.8. The number of benzene rings is 2. The number of rotatable bonds is 5. The van der Waals surface area contributed by atoms with Crippen LogP contribution in [-0.2, 0) is 14.8 Å². The Morgan fingerprint density at radius 1 is 1.08 bits per heavy atom. The molecule has 0 bridgehead atoms. The van der Waals surface area contributed by atoms with E-state index in [1.165, 1.54) is 19.1 Å². The molecule has 0 aliphatic rings. The molecule has 0 aliphatic carbocycles. The minimum atomic E-state index is -3.73. The highest BCUT2D eigenvalue weighted by Crippen LogP contribution is 2.22. The molecule has 7 heteroatoms. The Labute approximate surface area is 147 Å². The van der Waals surface area contributed by atoms with E-state index in [-0.39, 0.29) is 5.69 Å². The molecule has 1 amide bonds. The number of hydrogen-bond donors (Lipinski definition) is 1. The number of nitrogens with one attached hydrogen (secondary N) is 1. The number of aryl methyl sites for hydroxylation is 2. The molecule has 0 fully saturated rings. The van der Waals surface area contributed by atoms with Gasteiger partial charge in [-0.15, -0.1) is 0 Å². The third-order valence-corrected chi connectivity index (χ3v) is 4.90. The maximum absolute atomic E-state index is 13.1. The van der Waals surface area contributed by atoms with Crippen molar-refractivity contribution >= 4 is 27.3 Å². The second-order valence-electron chi connectivity index (χ2n) is 6.08. The van der Waals surface area contributed by atoms with Crippen molar-refractivity contribution in [2.45, 2.75) is 26.8 Å². The minimum absolute atomic E-state index is 0.229. The number of anilines is 2. The monoisotopic (exact) mass is 364 g/mol. The maximum atomic E-state index is 13.1. The lowest BCUT2D eigenvalue weighted by Gasteiger charge is -2.28. The fraction of sp³-hybridized carbons (Fsp3) is 0.278. The fourth-order valence-corrected chi connectivity index (χ4v) is 3.87. The molecule has 2 rings (SSSR count). The molecule has 5 nitrogen and oxygen atoms in total. The van der Waals surface area contributed by atoms with Crippen molar-refractivity contribution in [3.63, 3.8) is 0 Å². The van der Waals surface area contributed by atoms with Gasteiger partial charge in [0.25, 0.3) is 0 Å². The van der Waals surface area contributed by atoms with Crippen molar-refractivity contribution in [1.82, 2.24) is 0 Å². The molecule has 1 N–H and O–H groups in total. The normalized spacial score (nSPS) is 12.5. The summed E-state index contributed by atoms with van der Waals surface area (Å²) in [5.41, 5.74) is 2.80. The summed E-state index contributed by atoms with van der Waals surface area (Å²) in [7, 11) is -3.73. The summed E-state index contributed by atoms with van der Waals surface area (Å²) in [6.45, 7) is 5.31.